The third-order valence-corrected chi connectivity index (χ3v) is 4.71. The van der Waals surface area contributed by atoms with Crippen LogP contribution in [0.2, 0.25) is 0 Å². The Morgan fingerprint density at radius 3 is 2.15 bits per heavy atom. The van der Waals surface area contributed by atoms with E-state index in [4.69, 9.17) is 5.73 Å². The molecule has 0 aliphatic heterocycles. The summed E-state index contributed by atoms with van der Waals surface area (Å²) in [5.74, 6) is -1.58. The summed E-state index contributed by atoms with van der Waals surface area (Å²) in [4.78, 5) is 23.2. The van der Waals surface area contributed by atoms with E-state index < -0.39 is 34.2 Å². The molecule has 0 bridgehead atoms. The van der Waals surface area contributed by atoms with E-state index >= 15 is 0 Å². The molecule has 2 aromatic carbocycles. The number of amides is 2. The predicted octanol–water partition coefficient (Wildman–Crippen LogP) is 1.32. The highest BCUT2D eigenvalue weighted by Crippen LogP contribution is 2.12. The van der Waals surface area contributed by atoms with Crippen LogP contribution in [0.4, 0.5) is 10.1 Å². The molecule has 0 fully saturated rings. The Morgan fingerprint density at radius 1 is 1.08 bits per heavy atom. The molecule has 0 aliphatic rings. The van der Waals surface area contributed by atoms with Gasteiger partial charge < -0.3 is 11.1 Å². The van der Waals surface area contributed by atoms with E-state index in [2.05, 4.69) is 5.32 Å². The van der Waals surface area contributed by atoms with Gasteiger partial charge in [-0.05, 0) is 42.0 Å². The summed E-state index contributed by atoms with van der Waals surface area (Å²) >= 11 is 0. The first-order valence-electron chi connectivity index (χ1n) is 7.54. The molecular weight excluding hydrogens is 361 g/mol. The molecule has 9 heteroatoms. The van der Waals surface area contributed by atoms with Crippen molar-refractivity contribution in [3.05, 3.63) is 65.5 Å². The average molecular weight is 379 g/mol. The maximum Gasteiger partial charge on any atom is 0.248 e. The number of anilines is 1. The van der Waals surface area contributed by atoms with E-state index in [-0.39, 0.29) is 12.1 Å². The van der Waals surface area contributed by atoms with Crippen LogP contribution >= 0.6 is 0 Å². The van der Waals surface area contributed by atoms with E-state index in [0.717, 1.165) is 10.6 Å². The van der Waals surface area contributed by atoms with Crippen molar-refractivity contribution in [2.75, 3.05) is 18.1 Å². The SMILES string of the molecule is CS(=O)(=O)N(CC(=O)Nc1ccc(C(N)=O)cc1)Cc1ccc(F)cc1. The molecule has 0 atom stereocenters. The Hall–Kier alpha value is -2.78. The lowest BCUT2D eigenvalue weighted by Crippen LogP contribution is -2.36. The molecule has 2 amide bonds. The van der Waals surface area contributed by atoms with Gasteiger partial charge in [-0.15, -0.1) is 0 Å². The van der Waals surface area contributed by atoms with E-state index in [0.29, 0.717) is 11.3 Å². The quantitative estimate of drug-likeness (QED) is 0.756. The van der Waals surface area contributed by atoms with Gasteiger partial charge in [0.25, 0.3) is 0 Å². The lowest BCUT2D eigenvalue weighted by atomic mass is 10.2. The third-order valence-electron chi connectivity index (χ3n) is 3.51. The van der Waals surface area contributed by atoms with E-state index in [1.807, 2.05) is 0 Å². The summed E-state index contributed by atoms with van der Waals surface area (Å²) in [6.45, 7) is -0.471. The highest BCUT2D eigenvalue weighted by Gasteiger charge is 2.20. The summed E-state index contributed by atoms with van der Waals surface area (Å²) in [5, 5.41) is 2.55. The van der Waals surface area contributed by atoms with E-state index in [1.54, 1.807) is 0 Å². The van der Waals surface area contributed by atoms with Gasteiger partial charge in [0.1, 0.15) is 5.82 Å². The number of hydrogen-bond acceptors (Lipinski definition) is 4. The van der Waals surface area contributed by atoms with E-state index in [1.165, 1.54) is 48.5 Å². The lowest BCUT2D eigenvalue weighted by molar-refractivity contribution is -0.116. The molecule has 3 N–H and O–H groups in total. The number of carbonyl (C=O) groups is 2. The normalized spacial score (nSPS) is 11.3. The zero-order chi connectivity index (χ0) is 19.3. The average Bonchev–Trinajstić information content (AvgIpc) is 2.56. The van der Waals surface area contributed by atoms with Crippen molar-refractivity contribution in [2.45, 2.75) is 6.54 Å². The van der Waals surface area contributed by atoms with Crippen molar-refractivity contribution in [3.63, 3.8) is 0 Å². The van der Waals surface area contributed by atoms with Gasteiger partial charge in [0.2, 0.25) is 21.8 Å². The monoisotopic (exact) mass is 379 g/mol. The van der Waals surface area contributed by atoms with Crippen molar-refractivity contribution in [3.8, 4) is 0 Å². The summed E-state index contributed by atoms with van der Waals surface area (Å²) in [5.41, 5.74) is 6.38. The minimum Gasteiger partial charge on any atom is -0.366 e. The van der Waals surface area contributed by atoms with Gasteiger partial charge in [0, 0.05) is 17.8 Å². The summed E-state index contributed by atoms with van der Waals surface area (Å²) in [7, 11) is -3.66. The number of halogens is 1. The Balaban J connectivity index is 2.06. The van der Waals surface area contributed by atoms with E-state index in [9.17, 15) is 22.4 Å². The Bertz CT molecular complexity index is 897. The number of benzene rings is 2. The third kappa shape index (κ3) is 5.64. The number of nitrogens with zero attached hydrogens (tertiary/aromatic N) is 1. The summed E-state index contributed by atoms with van der Waals surface area (Å²) < 4.78 is 37.8. The second-order valence-corrected chi connectivity index (χ2v) is 7.63. The fourth-order valence-corrected chi connectivity index (χ4v) is 2.90. The molecule has 0 aromatic heterocycles. The summed E-state index contributed by atoms with van der Waals surface area (Å²) in [6.07, 6.45) is 0.992. The highest BCUT2D eigenvalue weighted by atomic mass is 32.2. The predicted molar refractivity (Wildman–Crippen MR) is 95.2 cm³/mol. The van der Waals surface area contributed by atoms with Gasteiger partial charge in [-0.1, -0.05) is 12.1 Å². The van der Waals surface area contributed by atoms with Gasteiger partial charge in [0.15, 0.2) is 0 Å². The maximum absolute atomic E-state index is 13.0. The lowest BCUT2D eigenvalue weighted by Gasteiger charge is -2.19. The maximum atomic E-state index is 13.0. The molecule has 7 nitrogen and oxygen atoms in total. The van der Waals surface area contributed by atoms with Crippen molar-refractivity contribution in [2.24, 2.45) is 5.73 Å². The van der Waals surface area contributed by atoms with Gasteiger partial charge in [0.05, 0.1) is 12.8 Å². The first-order valence-corrected chi connectivity index (χ1v) is 9.39. The zero-order valence-electron chi connectivity index (χ0n) is 14.0. The molecule has 2 rings (SSSR count). The molecule has 0 radical (unpaired) electrons. The van der Waals surface area contributed by atoms with Crippen LogP contribution in [0.15, 0.2) is 48.5 Å². The van der Waals surface area contributed by atoms with Crippen LogP contribution in [0.1, 0.15) is 15.9 Å². The van der Waals surface area contributed by atoms with Crippen molar-refractivity contribution < 1.29 is 22.4 Å². The second-order valence-electron chi connectivity index (χ2n) is 5.65. The molecule has 0 heterocycles. The molecule has 0 aliphatic carbocycles. The number of sulfonamides is 1. The van der Waals surface area contributed by atoms with Crippen LogP contribution in [-0.4, -0.2) is 37.3 Å². The zero-order valence-corrected chi connectivity index (χ0v) is 14.8. The Kier molecular flexibility index (Phi) is 6.06. The topological polar surface area (TPSA) is 110 Å². The minimum absolute atomic E-state index is 0.0624. The molecule has 2 aromatic rings. The molecule has 0 unspecified atom stereocenters. The van der Waals surface area contributed by atoms with Gasteiger partial charge in [-0.3, -0.25) is 9.59 Å². The van der Waals surface area contributed by atoms with Crippen LogP contribution < -0.4 is 11.1 Å². The number of carbonyl (C=O) groups excluding carboxylic acids is 2. The number of hydrogen-bond donors (Lipinski definition) is 2. The standard InChI is InChI=1S/C17H18FN3O4S/c1-26(24,25)21(10-12-2-6-14(18)7-3-12)11-16(22)20-15-8-4-13(5-9-15)17(19)23/h2-9H,10-11H2,1H3,(H2,19,23)(H,20,22). The van der Waals surface area contributed by atoms with Crippen molar-refractivity contribution in [1.29, 1.82) is 0 Å². The molecule has 138 valence electrons. The first-order chi connectivity index (χ1) is 12.1. The van der Waals surface area contributed by atoms with Crippen molar-refractivity contribution in [1.82, 2.24) is 4.31 Å². The molecule has 26 heavy (non-hydrogen) atoms. The first kappa shape index (κ1) is 19.5. The number of rotatable bonds is 7. The van der Waals surface area contributed by atoms with Gasteiger partial charge in [-0.2, -0.15) is 4.31 Å². The number of nitrogens with one attached hydrogen (secondary N) is 1. The minimum atomic E-state index is -3.66. The largest absolute Gasteiger partial charge is 0.366 e. The van der Waals surface area contributed by atoms with Gasteiger partial charge in [-0.25, -0.2) is 12.8 Å². The molecule has 0 spiro atoms. The van der Waals surface area contributed by atoms with Crippen LogP contribution in [0.3, 0.4) is 0 Å². The Labute approximate surface area is 150 Å². The molecule has 0 saturated carbocycles. The molecular formula is C17H18FN3O4S. The Morgan fingerprint density at radius 2 is 1.65 bits per heavy atom. The summed E-state index contributed by atoms with van der Waals surface area (Å²) in [6, 6.07) is 11.2. The van der Waals surface area contributed by atoms with Crippen LogP contribution in [-0.2, 0) is 21.4 Å². The highest BCUT2D eigenvalue weighted by molar-refractivity contribution is 7.88. The number of nitrogens with two attached hydrogens (primary N) is 1. The smallest absolute Gasteiger partial charge is 0.248 e. The molecule has 0 saturated heterocycles. The second kappa shape index (κ2) is 8.07. The van der Waals surface area contributed by atoms with Crippen molar-refractivity contribution >= 4 is 27.5 Å². The fraction of sp³-hybridized carbons (Fsp3) is 0.176. The van der Waals surface area contributed by atoms with Crippen LogP contribution in [0, 0.1) is 5.82 Å². The van der Waals surface area contributed by atoms with Gasteiger partial charge >= 0.3 is 0 Å². The van der Waals surface area contributed by atoms with Crippen LogP contribution in [0.5, 0.6) is 0 Å². The van der Waals surface area contributed by atoms with Crippen LogP contribution in [0.25, 0.3) is 0 Å². The number of primary amides is 1. The fourth-order valence-electron chi connectivity index (χ4n) is 2.16.